The van der Waals surface area contributed by atoms with Crippen molar-refractivity contribution in [2.75, 3.05) is 13.1 Å². The Morgan fingerprint density at radius 2 is 2.24 bits per heavy atom. The number of aromatic nitrogens is 4. The maximum atomic E-state index is 4.77. The molecule has 1 N–H and O–H groups in total. The zero-order valence-electron chi connectivity index (χ0n) is 12.8. The van der Waals surface area contributed by atoms with E-state index >= 15 is 0 Å². The van der Waals surface area contributed by atoms with Crippen LogP contribution in [0.1, 0.15) is 38.4 Å². The Labute approximate surface area is 125 Å². The summed E-state index contributed by atoms with van der Waals surface area (Å²) in [6, 6.07) is 0.364. The Hall–Kier alpha value is -1.75. The lowest BCUT2D eigenvalue weighted by atomic mass is 9.95. The van der Waals surface area contributed by atoms with Gasteiger partial charge in [0.1, 0.15) is 0 Å². The molecule has 5 nitrogen and oxygen atoms in total. The molecule has 112 valence electrons. The van der Waals surface area contributed by atoms with Crippen molar-refractivity contribution in [1.29, 1.82) is 0 Å². The van der Waals surface area contributed by atoms with Crippen LogP contribution in [-0.4, -0.2) is 32.8 Å². The van der Waals surface area contributed by atoms with Crippen LogP contribution in [0.4, 0.5) is 0 Å². The Bertz CT molecular complexity index is 584. The van der Waals surface area contributed by atoms with Gasteiger partial charge in [0.2, 0.25) is 0 Å². The Kier molecular flexibility index (Phi) is 4.29. The van der Waals surface area contributed by atoms with E-state index in [0.29, 0.717) is 12.0 Å². The third-order valence-corrected chi connectivity index (χ3v) is 4.01. The zero-order valence-corrected chi connectivity index (χ0v) is 12.8. The molecule has 0 bridgehead atoms. The van der Waals surface area contributed by atoms with E-state index in [1.54, 1.807) is 0 Å². The highest BCUT2D eigenvalue weighted by molar-refractivity contribution is 5.55. The smallest absolute Gasteiger partial charge is 0.0920 e. The third-order valence-electron chi connectivity index (χ3n) is 4.01. The number of piperidine rings is 1. The highest BCUT2D eigenvalue weighted by Gasteiger charge is 2.15. The molecule has 0 saturated carbocycles. The fourth-order valence-corrected chi connectivity index (χ4v) is 2.79. The second-order valence-electron chi connectivity index (χ2n) is 6.11. The van der Waals surface area contributed by atoms with Crippen LogP contribution < -0.4 is 5.32 Å². The van der Waals surface area contributed by atoms with Crippen LogP contribution in [-0.2, 0) is 6.42 Å². The maximum Gasteiger partial charge on any atom is 0.0920 e. The monoisotopic (exact) mass is 285 g/mol. The van der Waals surface area contributed by atoms with E-state index in [9.17, 15) is 0 Å². The first-order valence-corrected chi connectivity index (χ1v) is 7.78. The van der Waals surface area contributed by atoms with Gasteiger partial charge in [-0.05, 0) is 52.1 Å². The van der Waals surface area contributed by atoms with E-state index in [0.717, 1.165) is 36.5 Å². The lowest BCUT2D eigenvalue weighted by Gasteiger charge is -2.22. The van der Waals surface area contributed by atoms with Gasteiger partial charge in [0.15, 0.2) is 0 Å². The van der Waals surface area contributed by atoms with Gasteiger partial charge in [0.25, 0.3) is 0 Å². The van der Waals surface area contributed by atoms with E-state index in [2.05, 4.69) is 29.2 Å². The predicted octanol–water partition coefficient (Wildman–Crippen LogP) is 2.46. The number of rotatable bonds is 4. The SMILES string of the molecule is CC(C)n1cc(-c2cncc(C[C@H]3CCCNC3)n2)cn1. The van der Waals surface area contributed by atoms with Gasteiger partial charge in [-0.1, -0.05) is 0 Å². The van der Waals surface area contributed by atoms with Gasteiger partial charge in [0, 0.05) is 24.0 Å². The van der Waals surface area contributed by atoms with Crippen LogP contribution >= 0.6 is 0 Å². The topological polar surface area (TPSA) is 55.6 Å². The standard InChI is InChI=1S/C16H23N5/c1-12(2)21-11-14(8-19-21)16-10-18-9-15(20-16)6-13-4-3-5-17-7-13/h8-13,17H,3-7H2,1-2H3/t13-/m1/s1. The second kappa shape index (κ2) is 6.35. The Morgan fingerprint density at radius 1 is 1.33 bits per heavy atom. The molecule has 1 aliphatic heterocycles. The summed E-state index contributed by atoms with van der Waals surface area (Å²) in [4.78, 5) is 9.13. The first-order valence-electron chi connectivity index (χ1n) is 7.78. The largest absolute Gasteiger partial charge is 0.316 e. The average molecular weight is 285 g/mol. The van der Waals surface area contributed by atoms with Crippen molar-refractivity contribution in [3.05, 3.63) is 30.5 Å². The van der Waals surface area contributed by atoms with E-state index in [1.165, 1.54) is 12.8 Å². The van der Waals surface area contributed by atoms with Gasteiger partial charge >= 0.3 is 0 Å². The van der Waals surface area contributed by atoms with Crippen molar-refractivity contribution in [2.45, 2.75) is 39.2 Å². The minimum atomic E-state index is 0.364. The van der Waals surface area contributed by atoms with Gasteiger partial charge in [-0.2, -0.15) is 5.10 Å². The minimum absolute atomic E-state index is 0.364. The number of nitrogens with one attached hydrogen (secondary N) is 1. The minimum Gasteiger partial charge on any atom is -0.316 e. The summed E-state index contributed by atoms with van der Waals surface area (Å²) in [5.74, 6) is 0.682. The molecule has 0 radical (unpaired) electrons. The fraction of sp³-hybridized carbons (Fsp3) is 0.562. The fourth-order valence-electron chi connectivity index (χ4n) is 2.79. The van der Waals surface area contributed by atoms with E-state index < -0.39 is 0 Å². The van der Waals surface area contributed by atoms with Crippen LogP contribution in [0.2, 0.25) is 0 Å². The molecule has 1 atom stereocenters. The Morgan fingerprint density at radius 3 is 2.95 bits per heavy atom. The second-order valence-corrected chi connectivity index (χ2v) is 6.11. The molecule has 0 spiro atoms. The van der Waals surface area contributed by atoms with Gasteiger partial charge in [-0.25, -0.2) is 4.98 Å². The highest BCUT2D eigenvalue weighted by atomic mass is 15.3. The molecular weight excluding hydrogens is 262 g/mol. The van der Waals surface area contributed by atoms with Crippen molar-refractivity contribution < 1.29 is 0 Å². The van der Waals surface area contributed by atoms with E-state index in [-0.39, 0.29) is 0 Å². The summed E-state index contributed by atoms with van der Waals surface area (Å²) in [7, 11) is 0. The number of hydrogen-bond donors (Lipinski definition) is 1. The van der Waals surface area contributed by atoms with Crippen LogP contribution in [0, 0.1) is 5.92 Å². The normalized spacial score (nSPS) is 19.1. The summed E-state index contributed by atoms with van der Waals surface area (Å²) in [6.07, 6.45) is 11.2. The molecular formula is C16H23N5. The van der Waals surface area contributed by atoms with Gasteiger partial charge < -0.3 is 5.32 Å². The molecule has 0 aromatic carbocycles. The molecule has 21 heavy (non-hydrogen) atoms. The van der Waals surface area contributed by atoms with Crippen molar-refractivity contribution in [3.63, 3.8) is 0 Å². The highest BCUT2D eigenvalue weighted by Crippen LogP contribution is 2.19. The average Bonchev–Trinajstić information content (AvgIpc) is 2.99. The van der Waals surface area contributed by atoms with Gasteiger partial charge in [-0.15, -0.1) is 0 Å². The van der Waals surface area contributed by atoms with E-state index in [1.807, 2.05) is 29.5 Å². The summed E-state index contributed by atoms with van der Waals surface area (Å²) in [5, 5.41) is 7.83. The molecule has 0 unspecified atom stereocenters. The van der Waals surface area contributed by atoms with Crippen LogP contribution in [0.3, 0.4) is 0 Å². The predicted molar refractivity (Wildman–Crippen MR) is 82.9 cm³/mol. The Balaban J connectivity index is 1.75. The summed E-state index contributed by atoms with van der Waals surface area (Å²) >= 11 is 0. The molecule has 1 aliphatic rings. The molecule has 0 aliphatic carbocycles. The molecule has 0 amide bonds. The number of nitrogens with zero attached hydrogens (tertiary/aromatic N) is 4. The van der Waals surface area contributed by atoms with Crippen LogP contribution in [0.15, 0.2) is 24.8 Å². The van der Waals surface area contributed by atoms with Crippen molar-refractivity contribution in [3.8, 4) is 11.3 Å². The molecule has 2 aromatic heterocycles. The lowest BCUT2D eigenvalue weighted by Crippen LogP contribution is -2.31. The van der Waals surface area contributed by atoms with Gasteiger partial charge in [-0.3, -0.25) is 9.67 Å². The maximum absolute atomic E-state index is 4.77. The van der Waals surface area contributed by atoms with E-state index in [4.69, 9.17) is 4.98 Å². The summed E-state index contributed by atoms with van der Waals surface area (Å²) in [5.41, 5.74) is 3.04. The molecule has 1 saturated heterocycles. The van der Waals surface area contributed by atoms with Crippen molar-refractivity contribution in [2.24, 2.45) is 5.92 Å². The van der Waals surface area contributed by atoms with Crippen molar-refractivity contribution in [1.82, 2.24) is 25.1 Å². The lowest BCUT2D eigenvalue weighted by molar-refractivity contribution is 0.373. The number of hydrogen-bond acceptors (Lipinski definition) is 4. The van der Waals surface area contributed by atoms with Crippen molar-refractivity contribution >= 4 is 0 Å². The molecule has 3 heterocycles. The van der Waals surface area contributed by atoms with Crippen LogP contribution in [0.25, 0.3) is 11.3 Å². The molecule has 1 fully saturated rings. The molecule has 5 heteroatoms. The first-order chi connectivity index (χ1) is 10.2. The third kappa shape index (κ3) is 3.47. The summed E-state index contributed by atoms with van der Waals surface area (Å²) in [6.45, 7) is 6.48. The quantitative estimate of drug-likeness (QED) is 0.937. The summed E-state index contributed by atoms with van der Waals surface area (Å²) < 4.78 is 1.95. The first kappa shape index (κ1) is 14.2. The molecule has 3 rings (SSSR count). The zero-order chi connectivity index (χ0) is 14.7. The molecule has 2 aromatic rings. The van der Waals surface area contributed by atoms with Crippen LogP contribution in [0.5, 0.6) is 0 Å². The van der Waals surface area contributed by atoms with Gasteiger partial charge in [0.05, 0.1) is 23.8 Å².